The molecule has 108 valence electrons. The van der Waals surface area contributed by atoms with Crippen molar-refractivity contribution in [2.75, 3.05) is 33.4 Å². The number of piperidine rings is 1. The number of furan rings is 1. The molecule has 0 saturated carbocycles. The summed E-state index contributed by atoms with van der Waals surface area (Å²) >= 11 is 6.83. The van der Waals surface area contributed by atoms with Crippen molar-refractivity contribution in [2.45, 2.75) is 18.9 Å². The van der Waals surface area contributed by atoms with E-state index in [0.29, 0.717) is 12.5 Å². The van der Waals surface area contributed by atoms with Gasteiger partial charge < -0.3 is 14.9 Å². The summed E-state index contributed by atoms with van der Waals surface area (Å²) in [6.07, 6.45) is 2.32. The highest BCUT2D eigenvalue weighted by molar-refractivity contribution is 9.13. The minimum atomic E-state index is 0.158. The van der Waals surface area contributed by atoms with Gasteiger partial charge in [0.2, 0.25) is 0 Å². The van der Waals surface area contributed by atoms with E-state index in [2.05, 4.69) is 36.8 Å². The lowest BCUT2D eigenvalue weighted by molar-refractivity contribution is 0.0753. The number of hydrogen-bond donors (Lipinski definition) is 1. The van der Waals surface area contributed by atoms with Crippen molar-refractivity contribution in [2.24, 2.45) is 11.7 Å². The van der Waals surface area contributed by atoms with Gasteiger partial charge in [0.15, 0.2) is 4.67 Å². The number of likely N-dealkylation sites (tertiary alicyclic amines) is 1. The van der Waals surface area contributed by atoms with Crippen LogP contribution in [0.15, 0.2) is 19.6 Å². The molecule has 1 aromatic heterocycles. The maximum absolute atomic E-state index is 5.93. The predicted octanol–water partition coefficient (Wildman–Crippen LogP) is 3.16. The molecule has 0 radical (unpaired) electrons. The molecule has 2 N–H and O–H groups in total. The summed E-state index contributed by atoms with van der Waals surface area (Å²) in [6.45, 7) is 3.53. The third kappa shape index (κ3) is 3.82. The van der Waals surface area contributed by atoms with Crippen molar-refractivity contribution in [1.29, 1.82) is 0 Å². The van der Waals surface area contributed by atoms with Gasteiger partial charge in [-0.25, -0.2) is 0 Å². The SMILES string of the molecule is COCC1CCN(C(CN)c2cc(Br)c(Br)o2)CC1. The van der Waals surface area contributed by atoms with E-state index in [4.69, 9.17) is 14.9 Å². The maximum Gasteiger partial charge on any atom is 0.183 e. The fourth-order valence-corrected chi connectivity index (χ4v) is 3.25. The molecule has 0 aliphatic carbocycles. The zero-order valence-electron chi connectivity index (χ0n) is 11.1. The number of ether oxygens (including phenoxy) is 1. The van der Waals surface area contributed by atoms with E-state index >= 15 is 0 Å². The van der Waals surface area contributed by atoms with Gasteiger partial charge in [0, 0.05) is 20.3 Å². The van der Waals surface area contributed by atoms with Crippen LogP contribution in [0.25, 0.3) is 0 Å². The average Bonchev–Trinajstić information content (AvgIpc) is 2.73. The van der Waals surface area contributed by atoms with Crippen LogP contribution in [-0.2, 0) is 4.74 Å². The Morgan fingerprint density at radius 1 is 1.47 bits per heavy atom. The lowest BCUT2D eigenvalue weighted by Gasteiger charge is -2.36. The smallest absolute Gasteiger partial charge is 0.183 e. The van der Waals surface area contributed by atoms with Gasteiger partial charge in [0.1, 0.15) is 5.76 Å². The fourth-order valence-electron chi connectivity index (χ4n) is 2.64. The van der Waals surface area contributed by atoms with E-state index in [9.17, 15) is 0 Å². The normalized spacial score (nSPS) is 19.8. The topological polar surface area (TPSA) is 51.6 Å². The van der Waals surface area contributed by atoms with Gasteiger partial charge >= 0.3 is 0 Å². The van der Waals surface area contributed by atoms with Crippen LogP contribution < -0.4 is 5.73 Å². The van der Waals surface area contributed by atoms with E-state index in [1.807, 2.05) is 6.07 Å². The molecular weight excluding hydrogens is 376 g/mol. The van der Waals surface area contributed by atoms with Crippen LogP contribution in [-0.4, -0.2) is 38.3 Å². The molecular formula is C13H20Br2N2O2. The second kappa shape index (κ2) is 7.22. The van der Waals surface area contributed by atoms with Crippen molar-refractivity contribution in [3.8, 4) is 0 Å². The van der Waals surface area contributed by atoms with Crippen LogP contribution in [0, 0.1) is 5.92 Å². The first-order valence-corrected chi connectivity index (χ1v) is 8.12. The van der Waals surface area contributed by atoms with Gasteiger partial charge in [-0.05, 0) is 69.8 Å². The Bertz CT molecular complexity index is 384. The molecule has 1 aliphatic heterocycles. The third-order valence-electron chi connectivity index (χ3n) is 3.71. The number of halogens is 2. The summed E-state index contributed by atoms with van der Waals surface area (Å²) in [6, 6.07) is 2.16. The zero-order chi connectivity index (χ0) is 13.8. The molecule has 0 aromatic carbocycles. The van der Waals surface area contributed by atoms with Crippen LogP contribution in [0.3, 0.4) is 0 Å². The number of nitrogens with zero attached hydrogens (tertiary/aromatic N) is 1. The van der Waals surface area contributed by atoms with Gasteiger partial charge in [-0.1, -0.05) is 0 Å². The Hall–Kier alpha value is 0.120. The van der Waals surface area contributed by atoms with E-state index in [-0.39, 0.29) is 6.04 Å². The molecule has 1 atom stereocenters. The minimum Gasteiger partial charge on any atom is -0.451 e. The molecule has 0 bridgehead atoms. The Balaban J connectivity index is 1.99. The molecule has 0 amide bonds. The lowest BCUT2D eigenvalue weighted by atomic mass is 9.96. The van der Waals surface area contributed by atoms with E-state index < -0.39 is 0 Å². The number of hydrogen-bond acceptors (Lipinski definition) is 4. The monoisotopic (exact) mass is 394 g/mol. The Morgan fingerprint density at radius 3 is 2.63 bits per heavy atom. The zero-order valence-corrected chi connectivity index (χ0v) is 14.2. The van der Waals surface area contributed by atoms with Crippen molar-refractivity contribution >= 4 is 31.9 Å². The molecule has 2 heterocycles. The van der Waals surface area contributed by atoms with E-state index in [0.717, 1.165) is 47.4 Å². The summed E-state index contributed by atoms with van der Waals surface area (Å²) in [5.41, 5.74) is 5.93. The van der Waals surface area contributed by atoms with Gasteiger partial charge in [-0.2, -0.15) is 0 Å². The summed E-state index contributed by atoms with van der Waals surface area (Å²) < 4.78 is 12.6. The number of rotatable bonds is 5. The van der Waals surface area contributed by atoms with Crippen LogP contribution in [0.2, 0.25) is 0 Å². The molecule has 1 aromatic rings. The summed E-state index contributed by atoms with van der Waals surface area (Å²) in [5.74, 6) is 1.60. The average molecular weight is 396 g/mol. The van der Waals surface area contributed by atoms with Crippen molar-refractivity contribution < 1.29 is 9.15 Å². The first-order valence-electron chi connectivity index (χ1n) is 6.53. The predicted molar refractivity (Wildman–Crippen MR) is 82.1 cm³/mol. The van der Waals surface area contributed by atoms with Gasteiger partial charge in [0.05, 0.1) is 10.5 Å². The Labute approximate surface area is 130 Å². The quantitative estimate of drug-likeness (QED) is 0.831. The van der Waals surface area contributed by atoms with Crippen LogP contribution in [0.5, 0.6) is 0 Å². The first kappa shape index (κ1) is 15.5. The molecule has 19 heavy (non-hydrogen) atoms. The van der Waals surface area contributed by atoms with Gasteiger partial charge in [0.25, 0.3) is 0 Å². The van der Waals surface area contributed by atoms with Gasteiger partial charge in [-0.3, -0.25) is 4.90 Å². The summed E-state index contributed by atoms with van der Waals surface area (Å²) in [5, 5.41) is 0. The molecule has 1 fully saturated rings. The standard InChI is InChI=1S/C13H20Br2N2O2/c1-18-8-9-2-4-17(5-3-9)11(7-16)12-6-10(14)13(15)19-12/h6,9,11H,2-5,7-8,16H2,1H3. The highest BCUT2D eigenvalue weighted by Crippen LogP contribution is 2.33. The Kier molecular flexibility index (Phi) is 5.89. The van der Waals surface area contributed by atoms with Crippen molar-refractivity contribution in [3.63, 3.8) is 0 Å². The fraction of sp³-hybridized carbons (Fsp3) is 0.692. The van der Waals surface area contributed by atoms with Gasteiger partial charge in [-0.15, -0.1) is 0 Å². The van der Waals surface area contributed by atoms with Crippen LogP contribution >= 0.6 is 31.9 Å². The second-order valence-corrected chi connectivity index (χ2v) is 6.53. The highest BCUT2D eigenvalue weighted by Gasteiger charge is 2.27. The Morgan fingerprint density at radius 2 is 2.16 bits per heavy atom. The number of methoxy groups -OCH3 is 1. The summed E-state index contributed by atoms with van der Waals surface area (Å²) in [4.78, 5) is 2.41. The maximum atomic E-state index is 5.93. The molecule has 1 aliphatic rings. The largest absolute Gasteiger partial charge is 0.451 e. The second-order valence-electron chi connectivity index (χ2n) is 4.96. The molecule has 0 spiro atoms. The highest BCUT2D eigenvalue weighted by atomic mass is 79.9. The number of nitrogens with two attached hydrogens (primary N) is 1. The molecule has 1 unspecified atom stereocenters. The third-order valence-corrected chi connectivity index (χ3v) is 5.42. The summed E-state index contributed by atoms with van der Waals surface area (Å²) in [7, 11) is 1.77. The minimum absolute atomic E-state index is 0.158. The molecule has 2 rings (SSSR count). The van der Waals surface area contributed by atoms with Crippen LogP contribution in [0.1, 0.15) is 24.6 Å². The van der Waals surface area contributed by atoms with E-state index in [1.54, 1.807) is 7.11 Å². The van der Waals surface area contributed by atoms with Crippen molar-refractivity contribution in [3.05, 3.63) is 21.0 Å². The molecule has 1 saturated heterocycles. The molecule has 6 heteroatoms. The molecule has 4 nitrogen and oxygen atoms in total. The first-order chi connectivity index (χ1) is 9.15. The van der Waals surface area contributed by atoms with Crippen molar-refractivity contribution in [1.82, 2.24) is 4.90 Å². The van der Waals surface area contributed by atoms with Crippen LogP contribution in [0.4, 0.5) is 0 Å². The van der Waals surface area contributed by atoms with E-state index in [1.165, 1.54) is 0 Å². The lowest BCUT2D eigenvalue weighted by Crippen LogP contribution is -2.40.